The zero-order chi connectivity index (χ0) is 33.5. The van der Waals surface area contributed by atoms with Crippen LogP contribution in [0.3, 0.4) is 0 Å². The fourth-order valence-corrected chi connectivity index (χ4v) is 9.54. The molecule has 51 heavy (non-hydrogen) atoms. The number of nitrogens with zero attached hydrogens (tertiary/aromatic N) is 2. The summed E-state index contributed by atoms with van der Waals surface area (Å²) in [5.74, 6) is 0. The van der Waals surface area contributed by atoms with Crippen LogP contribution < -0.4 is 4.90 Å². The van der Waals surface area contributed by atoms with E-state index in [9.17, 15) is 0 Å². The van der Waals surface area contributed by atoms with Crippen LogP contribution in [0.15, 0.2) is 182 Å². The van der Waals surface area contributed by atoms with E-state index in [1.165, 1.54) is 74.3 Å². The molecule has 0 fully saturated rings. The first-order valence-electron chi connectivity index (χ1n) is 17.4. The van der Waals surface area contributed by atoms with Crippen molar-refractivity contribution in [1.29, 1.82) is 0 Å². The fraction of sp³-hybridized carbons (Fsp3) is 0. The molecule has 0 bridgehead atoms. The first kappa shape index (κ1) is 28.4. The van der Waals surface area contributed by atoms with E-state index in [0.717, 1.165) is 22.7 Å². The van der Waals surface area contributed by atoms with Crippen molar-refractivity contribution in [2.24, 2.45) is 0 Å². The number of rotatable bonds is 4. The van der Waals surface area contributed by atoms with E-state index < -0.39 is 0 Å². The maximum Gasteiger partial charge on any atom is 0.0782 e. The second-order valence-corrected chi connectivity index (χ2v) is 14.4. The molecule has 0 amide bonds. The number of anilines is 3. The van der Waals surface area contributed by atoms with Crippen LogP contribution in [0.5, 0.6) is 0 Å². The van der Waals surface area contributed by atoms with Gasteiger partial charge in [-0.25, -0.2) is 0 Å². The molecule has 9 aromatic carbocycles. The number of aromatic nitrogens is 1. The maximum atomic E-state index is 2.42. The average Bonchev–Trinajstić information content (AvgIpc) is 3.75. The smallest absolute Gasteiger partial charge is 0.0782 e. The lowest BCUT2D eigenvalue weighted by Crippen LogP contribution is -2.11. The van der Waals surface area contributed by atoms with Crippen molar-refractivity contribution in [2.45, 2.75) is 0 Å². The topological polar surface area (TPSA) is 8.17 Å². The average molecular weight is 667 g/mol. The monoisotopic (exact) mass is 666 g/mol. The van der Waals surface area contributed by atoms with Crippen LogP contribution in [-0.2, 0) is 0 Å². The predicted molar refractivity (Wildman–Crippen MR) is 221 cm³/mol. The Morgan fingerprint density at radius 2 is 1.06 bits per heavy atom. The van der Waals surface area contributed by atoms with E-state index in [2.05, 4.69) is 191 Å². The summed E-state index contributed by atoms with van der Waals surface area (Å²) in [4.78, 5) is 2.42. The van der Waals surface area contributed by atoms with Gasteiger partial charge in [-0.2, -0.15) is 0 Å². The molecule has 238 valence electrons. The van der Waals surface area contributed by atoms with Gasteiger partial charge in [0.05, 0.1) is 16.7 Å². The Balaban J connectivity index is 1.18. The van der Waals surface area contributed by atoms with Gasteiger partial charge in [0, 0.05) is 53.4 Å². The van der Waals surface area contributed by atoms with Crippen LogP contribution in [0, 0.1) is 0 Å². The molecule has 0 atom stereocenters. The minimum Gasteiger partial charge on any atom is -0.308 e. The molecule has 0 saturated heterocycles. The van der Waals surface area contributed by atoms with Crippen molar-refractivity contribution in [3.05, 3.63) is 182 Å². The van der Waals surface area contributed by atoms with Crippen molar-refractivity contribution < 1.29 is 0 Å². The molecule has 0 aliphatic heterocycles. The van der Waals surface area contributed by atoms with Crippen LogP contribution in [0.1, 0.15) is 0 Å². The molecule has 0 aliphatic carbocycles. The largest absolute Gasteiger partial charge is 0.308 e. The molecule has 2 nitrogen and oxygen atoms in total. The number of thiophene rings is 1. The minimum atomic E-state index is 1.12. The maximum absolute atomic E-state index is 2.42. The summed E-state index contributed by atoms with van der Waals surface area (Å²) < 4.78 is 5.12. The fourth-order valence-electron chi connectivity index (χ4n) is 8.31. The van der Waals surface area contributed by atoms with Crippen molar-refractivity contribution in [3.8, 4) is 5.69 Å². The molecule has 0 radical (unpaired) electrons. The van der Waals surface area contributed by atoms with Gasteiger partial charge in [0.15, 0.2) is 0 Å². The standard InChI is InChI=1S/C48H30N2S/c1-3-12-33(13-4-1)49(44-20-11-18-40-37-16-7-9-19-43(37)50(47(40)44)34-14-5-2-6-15-34)35-25-27-36-32(30-35)23-22-31-24-26-42-39(46(31)36)28-29-41-38-17-8-10-21-45(38)51-48(41)42/h1-30H. The highest BCUT2D eigenvalue weighted by Crippen LogP contribution is 2.45. The van der Waals surface area contributed by atoms with Crippen molar-refractivity contribution >= 4 is 103 Å². The van der Waals surface area contributed by atoms with E-state index in [0.29, 0.717) is 0 Å². The van der Waals surface area contributed by atoms with Crippen molar-refractivity contribution in [2.75, 3.05) is 4.90 Å². The van der Waals surface area contributed by atoms with Crippen LogP contribution in [-0.4, -0.2) is 4.57 Å². The molecule has 11 aromatic rings. The summed E-state index contributed by atoms with van der Waals surface area (Å²) in [5.41, 5.74) is 6.91. The van der Waals surface area contributed by atoms with Gasteiger partial charge in [0.1, 0.15) is 0 Å². The molecular weight excluding hydrogens is 637 g/mol. The summed E-state index contributed by atoms with van der Waals surface area (Å²) in [7, 11) is 0. The summed E-state index contributed by atoms with van der Waals surface area (Å²) >= 11 is 1.90. The molecule has 3 heteroatoms. The number of fused-ring (bicyclic) bond motifs is 12. The molecule has 0 N–H and O–H groups in total. The van der Waals surface area contributed by atoms with Gasteiger partial charge in [0.2, 0.25) is 0 Å². The first-order chi connectivity index (χ1) is 25.3. The van der Waals surface area contributed by atoms with E-state index in [4.69, 9.17) is 0 Å². The van der Waals surface area contributed by atoms with Gasteiger partial charge in [-0.15, -0.1) is 11.3 Å². The number of para-hydroxylation sites is 4. The molecule has 2 heterocycles. The molecular formula is C48H30N2S. The van der Waals surface area contributed by atoms with E-state index in [1.54, 1.807) is 0 Å². The van der Waals surface area contributed by atoms with Crippen LogP contribution in [0.4, 0.5) is 17.1 Å². The normalized spacial score (nSPS) is 11.9. The van der Waals surface area contributed by atoms with Gasteiger partial charge in [-0.3, -0.25) is 0 Å². The highest BCUT2D eigenvalue weighted by Gasteiger charge is 2.22. The lowest BCUT2D eigenvalue weighted by molar-refractivity contribution is 1.17. The van der Waals surface area contributed by atoms with Gasteiger partial charge in [-0.05, 0) is 81.5 Å². The summed E-state index contributed by atoms with van der Waals surface area (Å²) in [6.45, 7) is 0. The molecule has 0 spiro atoms. The Hall–Kier alpha value is -6.42. The third kappa shape index (κ3) is 4.22. The number of benzene rings is 9. The van der Waals surface area contributed by atoms with Crippen molar-refractivity contribution in [3.63, 3.8) is 0 Å². The minimum absolute atomic E-state index is 1.12. The Morgan fingerprint density at radius 1 is 0.412 bits per heavy atom. The van der Waals surface area contributed by atoms with Gasteiger partial charge < -0.3 is 9.47 Å². The Bertz CT molecular complexity index is 3140. The predicted octanol–water partition coefficient (Wildman–Crippen LogP) is 14.1. The van der Waals surface area contributed by atoms with Gasteiger partial charge >= 0.3 is 0 Å². The lowest BCUT2D eigenvalue weighted by Gasteiger charge is -2.27. The molecule has 0 unspecified atom stereocenters. The molecule has 0 aliphatic rings. The van der Waals surface area contributed by atoms with Crippen LogP contribution >= 0.6 is 11.3 Å². The van der Waals surface area contributed by atoms with Crippen LogP contribution in [0.25, 0.3) is 80.0 Å². The Labute approximate surface area is 298 Å². The first-order valence-corrected chi connectivity index (χ1v) is 18.3. The SMILES string of the molecule is c1ccc(N(c2ccc3c(ccc4ccc5c(ccc6c7ccccc7sc65)c43)c2)c2cccc3c4ccccc4n(-c4ccccc4)c23)cc1. The lowest BCUT2D eigenvalue weighted by atomic mass is 9.95. The van der Waals surface area contributed by atoms with E-state index in [1.807, 2.05) is 11.3 Å². The van der Waals surface area contributed by atoms with E-state index in [-0.39, 0.29) is 0 Å². The number of hydrogen-bond acceptors (Lipinski definition) is 2. The number of hydrogen-bond donors (Lipinski definition) is 0. The highest BCUT2D eigenvalue weighted by molar-refractivity contribution is 7.26. The van der Waals surface area contributed by atoms with Crippen LogP contribution in [0.2, 0.25) is 0 Å². The second kappa shape index (κ2) is 11.0. The second-order valence-electron chi connectivity index (χ2n) is 13.3. The summed E-state index contributed by atoms with van der Waals surface area (Å²) in [6.07, 6.45) is 0. The zero-order valence-corrected chi connectivity index (χ0v) is 28.4. The molecule has 2 aromatic heterocycles. The zero-order valence-electron chi connectivity index (χ0n) is 27.6. The van der Waals surface area contributed by atoms with E-state index >= 15 is 0 Å². The third-order valence-corrected chi connectivity index (χ3v) is 11.7. The molecule has 11 rings (SSSR count). The van der Waals surface area contributed by atoms with Crippen molar-refractivity contribution in [1.82, 2.24) is 4.57 Å². The summed E-state index contributed by atoms with van der Waals surface area (Å²) in [5, 5.41) is 12.9. The van der Waals surface area contributed by atoms with Gasteiger partial charge in [-0.1, -0.05) is 127 Å². The summed E-state index contributed by atoms with van der Waals surface area (Å²) in [6, 6.07) is 66.6. The van der Waals surface area contributed by atoms with Gasteiger partial charge in [0.25, 0.3) is 0 Å². The molecule has 0 saturated carbocycles. The third-order valence-electron chi connectivity index (χ3n) is 10.5. The Morgan fingerprint density at radius 3 is 1.94 bits per heavy atom. The highest BCUT2D eigenvalue weighted by atomic mass is 32.1. The quantitative estimate of drug-likeness (QED) is 0.170. The Kier molecular flexibility index (Phi) is 6.16.